The van der Waals surface area contributed by atoms with E-state index in [0.717, 1.165) is 17.8 Å². The molecule has 0 saturated carbocycles. The highest BCUT2D eigenvalue weighted by Crippen LogP contribution is 2.31. The van der Waals surface area contributed by atoms with Crippen LogP contribution in [0.25, 0.3) is 5.52 Å². The van der Waals surface area contributed by atoms with Crippen LogP contribution in [0, 0.1) is 0 Å². The fourth-order valence-electron chi connectivity index (χ4n) is 2.11. The lowest BCUT2D eigenvalue weighted by Crippen LogP contribution is -2.33. The number of alkyl halides is 4. The van der Waals surface area contributed by atoms with Crippen molar-refractivity contribution in [2.24, 2.45) is 0 Å². The number of aromatic nitrogens is 3. The smallest absolute Gasteiger partial charge is 0.352 e. The van der Waals surface area contributed by atoms with Crippen molar-refractivity contribution in [1.29, 1.82) is 0 Å². The Morgan fingerprint density at radius 2 is 2.10 bits per heavy atom. The molecular weight excluding hydrogens is 349 g/mol. The highest BCUT2D eigenvalue weighted by atomic mass is 79.9. The van der Waals surface area contributed by atoms with Crippen molar-refractivity contribution in [3.63, 3.8) is 0 Å². The van der Waals surface area contributed by atoms with Crippen molar-refractivity contribution in [2.45, 2.75) is 32.5 Å². The van der Waals surface area contributed by atoms with Crippen LogP contribution < -0.4 is 4.90 Å². The van der Waals surface area contributed by atoms with E-state index in [1.54, 1.807) is 0 Å². The Morgan fingerprint density at radius 1 is 1.38 bits per heavy atom. The molecule has 0 amide bonds. The number of anilines is 1. The van der Waals surface area contributed by atoms with Crippen LogP contribution in [0.4, 0.5) is 19.0 Å². The first-order valence-corrected chi connectivity index (χ1v) is 7.71. The molecule has 2 aromatic heterocycles. The predicted octanol–water partition coefficient (Wildman–Crippen LogP) is 3.75. The van der Waals surface area contributed by atoms with Gasteiger partial charge in [0.15, 0.2) is 11.5 Å². The zero-order valence-corrected chi connectivity index (χ0v) is 13.3. The van der Waals surface area contributed by atoms with Crippen LogP contribution in [0.1, 0.15) is 26.0 Å². The summed E-state index contributed by atoms with van der Waals surface area (Å²) in [6, 6.07) is 1.18. The monoisotopic (exact) mass is 364 g/mol. The van der Waals surface area contributed by atoms with Crippen molar-refractivity contribution in [1.82, 2.24) is 14.6 Å². The first kappa shape index (κ1) is 16.1. The van der Waals surface area contributed by atoms with E-state index in [2.05, 4.69) is 26.0 Å². The molecule has 0 N–H and O–H groups in total. The summed E-state index contributed by atoms with van der Waals surface area (Å²) in [5, 5.41) is 4.41. The average Bonchev–Trinajstić information content (AvgIpc) is 2.83. The fourth-order valence-corrected chi connectivity index (χ4v) is 2.36. The summed E-state index contributed by atoms with van der Waals surface area (Å²) in [6.45, 7) is 4.68. The van der Waals surface area contributed by atoms with Crippen molar-refractivity contribution < 1.29 is 13.2 Å². The van der Waals surface area contributed by atoms with Gasteiger partial charge in [0.25, 0.3) is 0 Å². The van der Waals surface area contributed by atoms with Gasteiger partial charge in [-0.1, -0.05) is 15.9 Å². The molecule has 0 unspecified atom stereocenters. The molecule has 0 saturated heterocycles. The average molecular weight is 365 g/mol. The van der Waals surface area contributed by atoms with E-state index in [0.29, 0.717) is 17.9 Å². The van der Waals surface area contributed by atoms with Gasteiger partial charge in [0.2, 0.25) is 0 Å². The molecule has 2 aromatic rings. The topological polar surface area (TPSA) is 33.4 Å². The minimum Gasteiger partial charge on any atom is -0.352 e. The minimum atomic E-state index is -4.46. The van der Waals surface area contributed by atoms with Gasteiger partial charge in [0.05, 0.1) is 0 Å². The van der Waals surface area contributed by atoms with E-state index >= 15 is 0 Å². The largest absolute Gasteiger partial charge is 0.435 e. The lowest BCUT2D eigenvalue weighted by atomic mass is 10.2. The van der Waals surface area contributed by atoms with Gasteiger partial charge >= 0.3 is 6.18 Å². The first-order valence-electron chi connectivity index (χ1n) is 6.58. The summed E-state index contributed by atoms with van der Waals surface area (Å²) in [5.74, 6) is 0.524. The van der Waals surface area contributed by atoms with Crippen LogP contribution in [0.5, 0.6) is 0 Å². The van der Waals surface area contributed by atoms with E-state index in [1.807, 2.05) is 18.7 Å². The Labute approximate surface area is 129 Å². The summed E-state index contributed by atoms with van der Waals surface area (Å²) in [4.78, 5) is 6.24. The molecule has 0 fully saturated rings. The molecule has 116 valence electrons. The van der Waals surface area contributed by atoms with Crippen LogP contribution in [0.2, 0.25) is 0 Å². The third-order valence-electron chi connectivity index (χ3n) is 3.09. The van der Waals surface area contributed by atoms with Crippen LogP contribution in [-0.4, -0.2) is 32.5 Å². The number of rotatable bonds is 5. The number of hydrogen-bond donors (Lipinski definition) is 0. The molecule has 0 spiro atoms. The van der Waals surface area contributed by atoms with Gasteiger partial charge in [-0.2, -0.15) is 18.3 Å². The molecule has 0 aliphatic rings. The predicted molar refractivity (Wildman–Crippen MR) is 78.9 cm³/mol. The number of halogens is 4. The van der Waals surface area contributed by atoms with Crippen LogP contribution in [0.3, 0.4) is 0 Å². The third-order valence-corrected chi connectivity index (χ3v) is 3.65. The van der Waals surface area contributed by atoms with Gasteiger partial charge < -0.3 is 4.90 Å². The maximum atomic E-state index is 12.8. The lowest BCUT2D eigenvalue weighted by Gasteiger charge is -2.28. The quantitative estimate of drug-likeness (QED) is 0.757. The molecule has 0 aliphatic carbocycles. The molecule has 8 heteroatoms. The summed E-state index contributed by atoms with van der Waals surface area (Å²) < 4.78 is 39.6. The van der Waals surface area contributed by atoms with Crippen LogP contribution >= 0.6 is 15.9 Å². The van der Waals surface area contributed by atoms with E-state index < -0.39 is 11.9 Å². The summed E-state index contributed by atoms with van der Waals surface area (Å²) in [7, 11) is 0. The summed E-state index contributed by atoms with van der Waals surface area (Å²) in [5.41, 5.74) is -0.533. The van der Waals surface area contributed by atoms with Crippen molar-refractivity contribution in [2.75, 3.05) is 16.8 Å². The highest BCUT2D eigenvalue weighted by Gasteiger charge is 2.34. The van der Waals surface area contributed by atoms with Crippen molar-refractivity contribution in [3.8, 4) is 0 Å². The van der Waals surface area contributed by atoms with E-state index in [1.165, 1.54) is 16.9 Å². The van der Waals surface area contributed by atoms with Gasteiger partial charge in [-0.25, -0.2) is 9.50 Å². The standard InChI is InChI=1S/C13H16BrF3N4/c1-9(2)20(6-3-4-14)12-10-8-11(13(15,16)17)19-21(10)7-5-18-12/h5,7-9H,3-4,6H2,1-2H3. The van der Waals surface area contributed by atoms with Gasteiger partial charge in [-0.05, 0) is 20.3 Å². The van der Waals surface area contributed by atoms with Crippen molar-refractivity contribution in [3.05, 3.63) is 24.2 Å². The molecule has 2 rings (SSSR count). The Balaban J connectivity index is 2.49. The summed E-state index contributed by atoms with van der Waals surface area (Å²) in [6.07, 6.45) is -0.681. The van der Waals surface area contributed by atoms with Gasteiger partial charge in [0, 0.05) is 36.4 Å². The maximum Gasteiger partial charge on any atom is 0.435 e. The molecule has 0 aliphatic heterocycles. The Morgan fingerprint density at radius 3 is 2.67 bits per heavy atom. The first-order chi connectivity index (χ1) is 9.84. The minimum absolute atomic E-state index is 0.131. The van der Waals surface area contributed by atoms with E-state index in [4.69, 9.17) is 0 Å². The van der Waals surface area contributed by atoms with Gasteiger partial charge in [-0.15, -0.1) is 0 Å². The van der Waals surface area contributed by atoms with E-state index in [9.17, 15) is 13.2 Å². The normalized spacial score (nSPS) is 12.3. The molecule has 2 heterocycles. The van der Waals surface area contributed by atoms with E-state index in [-0.39, 0.29) is 6.04 Å². The zero-order valence-electron chi connectivity index (χ0n) is 11.7. The molecule has 4 nitrogen and oxygen atoms in total. The highest BCUT2D eigenvalue weighted by molar-refractivity contribution is 9.09. The number of fused-ring (bicyclic) bond motifs is 1. The Hall–Kier alpha value is -1.31. The molecule has 0 radical (unpaired) electrons. The van der Waals surface area contributed by atoms with Gasteiger partial charge in [0.1, 0.15) is 5.52 Å². The molecule has 0 aromatic carbocycles. The van der Waals surface area contributed by atoms with Gasteiger partial charge in [-0.3, -0.25) is 0 Å². The SMILES string of the molecule is CC(C)N(CCCBr)c1nccn2nc(C(F)(F)F)cc12. The fraction of sp³-hybridized carbons (Fsp3) is 0.538. The summed E-state index contributed by atoms with van der Waals surface area (Å²) >= 11 is 3.37. The third kappa shape index (κ3) is 3.48. The van der Waals surface area contributed by atoms with Crippen molar-refractivity contribution >= 4 is 27.3 Å². The Kier molecular flexibility index (Phi) is 4.75. The maximum absolute atomic E-state index is 12.8. The number of nitrogens with zero attached hydrogens (tertiary/aromatic N) is 4. The second kappa shape index (κ2) is 6.21. The second-order valence-corrected chi connectivity index (χ2v) is 5.73. The molecule has 0 atom stereocenters. The number of hydrogen-bond acceptors (Lipinski definition) is 3. The molecular formula is C13H16BrF3N4. The van der Waals surface area contributed by atoms with Crippen LogP contribution in [0.15, 0.2) is 18.5 Å². The van der Waals surface area contributed by atoms with Crippen LogP contribution in [-0.2, 0) is 6.18 Å². The molecule has 21 heavy (non-hydrogen) atoms. The second-order valence-electron chi connectivity index (χ2n) is 4.94. The zero-order chi connectivity index (χ0) is 15.6. The Bertz CT molecular complexity index is 609. The lowest BCUT2D eigenvalue weighted by molar-refractivity contribution is -0.141. The molecule has 0 bridgehead atoms.